The minimum atomic E-state index is 0.491. The number of rotatable bonds is 2. The first-order valence-corrected chi connectivity index (χ1v) is 5.63. The highest BCUT2D eigenvalue weighted by molar-refractivity contribution is 4.85. The zero-order chi connectivity index (χ0) is 10.1. The Morgan fingerprint density at radius 3 is 2.31 bits per heavy atom. The van der Waals surface area contributed by atoms with E-state index in [1.165, 1.54) is 25.9 Å². The highest BCUT2D eigenvalue weighted by Crippen LogP contribution is 2.38. The topological polar surface area (TPSA) is 3.24 Å². The molecule has 0 aromatic carbocycles. The van der Waals surface area contributed by atoms with Gasteiger partial charge < -0.3 is 4.90 Å². The van der Waals surface area contributed by atoms with Crippen molar-refractivity contribution in [1.82, 2.24) is 4.90 Å². The van der Waals surface area contributed by atoms with Crippen LogP contribution in [0.3, 0.4) is 0 Å². The van der Waals surface area contributed by atoms with Crippen LogP contribution in [-0.2, 0) is 0 Å². The van der Waals surface area contributed by atoms with E-state index in [0.29, 0.717) is 5.41 Å². The summed E-state index contributed by atoms with van der Waals surface area (Å²) in [5.74, 6) is 1.84. The summed E-state index contributed by atoms with van der Waals surface area (Å²) in [6, 6.07) is 0. The Labute approximate surface area is 83.5 Å². The van der Waals surface area contributed by atoms with E-state index in [-0.39, 0.29) is 0 Å². The van der Waals surface area contributed by atoms with Crippen LogP contribution in [0.5, 0.6) is 0 Å². The number of nitrogens with zero attached hydrogens (tertiary/aromatic N) is 1. The molecule has 78 valence electrons. The SMILES string of the molecule is CC[C@H](C1CCN(C)C1)C(C)(C)C. The van der Waals surface area contributed by atoms with Crippen molar-refractivity contribution in [2.24, 2.45) is 17.3 Å². The molecule has 0 saturated carbocycles. The van der Waals surface area contributed by atoms with Gasteiger partial charge in [0.1, 0.15) is 0 Å². The molecule has 0 amide bonds. The van der Waals surface area contributed by atoms with Gasteiger partial charge in [-0.1, -0.05) is 34.1 Å². The molecule has 1 fully saturated rings. The van der Waals surface area contributed by atoms with Crippen LogP contribution in [0, 0.1) is 17.3 Å². The molecule has 2 atom stereocenters. The lowest BCUT2D eigenvalue weighted by atomic mass is 9.71. The molecule has 1 heteroatoms. The van der Waals surface area contributed by atoms with E-state index in [1.54, 1.807) is 0 Å². The van der Waals surface area contributed by atoms with Crippen LogP contribution in [-0.4, -0.2) is 25.0 Å². The fourth-order valence-electron chi connectivity index (χ4n) is 2.95. The summed E-state index contributed by atoms with van der Waals surface area (Å²) in [6.45, 7) is 12.1. The Balaban J connectivity index is 2.57. The minimum Gasteiger partial charge on any atom is -0.306 e. The second kappa shape index (κ2) is 4.00. The van der Waals surface area contributed by atoms with Crippen molar-refractivity contribution in [2.45, 2.75) is 40.5 Å². The molecule has 0 aromatic rings. The molecule has 1 nitrogen and oxygen atoms in total. The Hall–Kier alpha value is -0.0400. The molecule has 0 radical (unpaired) electrons. The molecule has 1 rings (SSSR count). The summed E-state index contributed by atoms with van der Waals surface area (Å²) in [5.41, 5.74) is 0.491. The van der Waals surface area contributed by atoms with Gasteiger partial charge in [-0.3, -0.25) is 0 Å². The lowest BCUT2D eigenvalue weighted by molar-refractivity contribution is 0.154. The monoisotopic (exact) mass is 183 g/mol. The molecule has 1 unspecified atom stereocenters. The molecular weight excluding hydrogens is 158 g/mol. The van der Waals surface area contributed by atoms with Gasteiger partial charge in [0.15, 0.2) is 0 Å². The Morgan fingerprint density at radius 2 is 2.00 bits per heavy atom. The third-order valence-corrected chi connectivity index (χ3v) is 3.55. The van der Waals surface area contributed by atoms with Crippen LogP contribution in [0.25, 0.3) is 0 Å². The number of hydrogen-bond donors (Lipinski definition) is 0. The van der Waals surface area contributed by atoms with Gasteiger partial charge in [0.25, 0.3) is 0 Å². The van der Waals surface area contributed by atoms with Crippen LogP contribution in [0.15, 0.2) is 0 Å². The van der Waals surface area contributed by atoms with Crippen LogP contribution in [0.4, 0.5) is 0 Å². The Kier molecular flexibility index (Phi) is 3.39. The second-order valence-electron chi connectivity index (χ2n) is 5.69. The largest absolute Gasteiger partial charge is 0.306 e. The van der Waals surface area contributed by atoms with E-state index in [4.69, 9.17) is 0 Å². The average molecular weight is 183 g/mol. The van der Waals surface area contributed by atoms with Crippen molar-refractivity contribution in [3.8, 4) is 0 Å². The van der Waals surface area contributed by atoms with E-state index >= 15 is 0 Å². The van der Waals surface area contributed by atoms with E-state index in [0.717, 1.165) is 11.8 Å². The summed E-state index contributed by atoms with van der Waals surface area (Å²) < 4.78 is 0. The van der Waals surface area contributed by atoms with Gasteiger partial charge in [-0.2, -0.15) is 0 Å². The standard InChI is InChI=1S/C12H25N/c1-6-11(12(2,3)4)10-7-8-13(5)9-10/h10-11H,6-9H2,1-5H3/t10?,11-/m1/s1. The van der Waals surface area contributed by atoms with Crippen LogP contribution in [0.1, 0.15) is 40.5 Å². The lowest BCUT2D eigenvalue weighted by Crippen LogP contribution is -2.29. The van der Waals surface area contributed by atoms with E-state index < -0.39 is 0 Å². The first kappa shape index (κ1) is 11.0. The van der Waals surface area contributed by atoms with Gasteiger partial charge in [0.05, 0.1) is 0 Å². The number of hydrogen-bond acceptors (Lipinski definition) is 1. The van der Waals surface area contributed by atoms with Crippen molar-refractivity contribution in [3.63, 3.8) is 0 Å². The fraction of sp³-hybridized carbons (Fsp3) is 1.00. The quantitative estimate of drug-likeness (QED) is 0.636. The molecule has 0 N–H and O–H groups in total. The fourth-order valence-corrected chi connectivity index (χ4v) is 2.95. The highest BCUT2D eigenvalue weighted by Gasteiger charge is 2.33. The predicted molar refractivity (Wildman–Crippen MR) is 58.8 cm³/mol. The predicted octanol–water partition coefficient (Wildman–Crippen LogP) is 3.01. The normalized spacial score (nSPS) is 27.9. The summed E-state index contributed by atoms with van der Waals surface area (Å²) >= 11 is 0. The van der Waals surface area contributed by atoms with Gasteiger partial charge in [0, 0.05) is 6.54 Å². The molecule has 1 heterocycles. The van der Waals surface area contributed by atoms with E-state index in [9.17, 15) is 0 Å². The molecule has 0 spiro atoms. The third kappa shape index (κ3) is 2.70. The first-order valence-electron chi connectivity index (χ1n) is 5.63. The summed E-state index contributed by atoms with van der Waals surface area (Å²) in [7, 11) is 2.25. The number of likely N-dealkylation sites (tertiary alicyclic amines) is 1. The van der Waals surface area contributed by atoms with Crippen LogP contribution >= 0.6 is 0 Å². The maximum Gasteiger partial charge on any atom is 0.000993 e. The Morgan fingerprint density at radius 1 is 1.38 bits per heavy atom. The van der Waals surface area contributed by atoms with Crippen molar-refractivity contribution < 1.29 is 0 Å². The molecule has 0 aliphatic carbocycles. The second-order valence-corrected chi connectivity index (χ2v) is 5.69. The van der Waals surface area contributed by atoms with E-state index in [1.807, 2.05) is 0 Å². The smallest absolute Gasteiger partial charge is 0.000993 e. The van der Waals surface area contributed by atoms with Gasteiger partial charge >= 0.3 is 0 Å². The van der Waals surface area contributed by atoms with Crippen molar-refractivity contribution in [2.75, 3.05) is 20.1 Å². The van der Waals surface area contributed by atoms with Crippen molar-refractivity contribution in [3.05, 3.63) is 0 Å². The van der Waals surface area contributed by atoms with Gasteiger partial charge in [-0.25, -0.2) is 0 Å². The zero-order valence-corrected chi connectivity index (χ0v) is 9.93. The molecule has 0 bridgehead atoms. The molecule has 1 aliphatic rings. The highest BCUT2D eigenvalue weighted by atomic mass is 15.1. The van der Waals surface area contributed by atoms with Crippen molar-refractivity contribution in [1.29, 1.82) is 0 Å². The third-order valence-electron chi connectivity index (χ3n) is 3.55. The minimum absolute atomic E-state index is 0.491. The summed E-state index contributed by atoms with van der Waals surface area (Å²) in [4.78, 5) is 2.47. The molecule has 13 heavy (non-hydrogen) atoms. The molecule has 0 aromatic heterocycles. The maximum atomic E-state index is 2.47. The average Bonchev–Trinajstić information content (AvgIpc) is 2.34. The zero-order valence-electron chi connectivity index (χ0n) is 9.93. The molecule has 1 aliphatic heterocycles. The summed E-state index contributed by atoms with van der Waals surface area (Å²) in [5, 5.41) is 0. The van der Waals surface area contributed by atoms with Crippen molar-refractivity contribution >= 4 is 0 Å². The lowest BCUT2D eigenvalue weighted by Gasteiger charge is -2.34. The van der Waals surface area contributed by atoms with Gasteiger partial charge in [0.2, 0.25) is 0 Å². The molecule has 1 saturated heterocycles. The van der Waals surface area contributed by atoms with Gasteiger partial charge in [-0.15, -0.1) is 0 Å². The van der Waals surface area contributed by atoms with E-state index in [2.05, 4.69) is 39.6 Å². The Bertz CT molecular complexity index is 157. The maximum absolute atomic E-state index is 2.47. The van der Waals surface area contributed by atoms with Crippen LogP contribution < -0.4 is 0 Å². The van der Waals surface area contributed by atoms with Gasteiger partial charge in [-0.05, 0) is 37.3 Å². The summed E-state index contributed by atoms with van der Waals surface area (Å²) in [6.07, 6.45) is 2.74. The van der Waals surface area contributed by atoms with Crippen LogP contribution in [0.2, 0.25) is 0 Å². The first-order chi connectivity index (χ1) is 5.95. The molecular formula is C12H25N.